The summed E-state index contributed by atoms with van der Waals surface area (Å²) in [6.07, 6.45) is 7.18. The van der Waals surface area contributed by atoms with Crippen molar-refractivity contribution in [3.8, 4) is 0 Å². The summed E-state index contributed by atoms with van der Waals surface area (Å²) >= 11 is 0. The van der Waals surface area contributed by atoms with Crippen LogP contribution < -0.4 is 17.0 Å². The third-order valence-corrected chi connectivity index (χ3v) is 7.38. The minimum absolute atomic E-state index is 0. The lowest BCUT2D eigenvalue weighted by atomic mass is 9.83. The Kier molecular flexibility index (Phi) is 6.35. The molecular formula is C25H30BrF2N. The normalized spacial score (nSPS) is 24.7. The van der Waals surface area contributed by atoms with Gasteiger partial charge in [0.25, 0.3) is 0 Å². The summed E-state index contributed by atoms with van der Waals surface area (Å²) in [5, 5.41) is 0. The molecule has 2 saturated heterocycles. The van der Waals surface area contributed by atoms with Crippen molar-refractivity contribution in [1.29, 1.82) is 0 Å². The maximum absolute atomic E-state index is 14.3. The third kappa shape index (κ3) is 3.94. The van der Waals surface area contributed by atoms with Gasteiger partial charge in [0.05, 0.1) is 26.2 Å². The Morgan fingerprint density at radius 3 is 1.76 bits per heavy atom. The molecule has 0 aliphatic carbocycles. The smallest absolute Gasteiger partial charge is 0.126 e. The Morgan fingerprint density at radius 2 is 1.31 bits per heavy atom. The average molecular weight is 462 g/mol. The van der Waals surface area contributed by atoms with Crippen molar-refractivity contribution in [2.24, 2.45) is 5.92 Å². The lowest BCUT2D eigenvalue weighted by Crippen LogP contribution is -3.00. The van der Waals surface area contributed by atoms with Crippen molar-refractivity contribution >= 4 is 5.57 Å². The second kappa shape index (κ2) is 8.31. The molecule has 4 rings (SSSR count). The molecule has 2 bridgehead atoms. The Bertz CT molecular complexity index is 865. The van der Waals surface area contributed by atoms with E-state index < -0.39 is 0 Å². The highest BCUT2D eigenvalue weighted by atomic mass is 79.9. The SMILES string of the molecule is Cc1c(F)cccc1C(=CC1C[C@H]2CC[C@@H](C1)[N+]2(C)C)c1cccc(F)c1C.[Br-]. The number of piperidine rings is 1. The molecule has 0 saturated carbocycles. The molecule has 2 aromatic rings. The largest absolute Gasteiger partial charge is 1.00 e. The van der Waals surface area contributed by atoms with Crippen LogP contribution in [0.1, 0.15) is 47.9 Å². The minimum Gasteiger partial charge on any atom is -1.00 e. The second-order valence-corrected chi connectivity index (χ2v) is 9.15. The van der Waals surface area contributed by atoms with Crippen LogP contribution in [0.2, 0.25) is 0 Å². The molecule has 0 spiro atoms. The van der Waals surface area contributed by atoms with Crippen molar-refractivity contribution in [3.63, 3.8) is 0 Å². The van der Waals surface area contributed by atoms with Gasteiger partial charge in [-0.1, -0.05) is 30.3 Å². The predicted octanol–water partition coefficient (Wildman–Crippen LogP) is 3.03. The number of rotatable bonds is 3. The lowest BCUT2D eigenvalue weighted by molar-refractivity contribution is -0.931. The van der Waals surface area contributed by atoms with Crippen LogP contribution in [0.15, 0.2) is 42.5 Å². The van der Waals surface area contributed by atoms with Crippen LogP contribution >= 0.6 is 0 Å². The quantitative estimate of drug-likeness (QED) is 0.616. The molecule has 1 nitrogen and oxygen atoms in total. The molecule has 1 unspecified atom stereocenters. The first-order valence-electron chi connectivity index (χ1n) is 10.3. The molecule has 2 fully saturated rings. The summed E-state index contributed by atoms with van der Waals surface area (Å²) in [6, 6.07) is 11.8. The van der Waals surface area contributed by atoms with Gasteiger partial charge in [-0.2, -0.15) is 0 Å². The summed E-state index contributed by atoms with van der Waals surface area (Å²) in [6.45, 7) is 3.63. The second-order valence-electron chi connectivity index (χ2n) is 9.15. The minimum atomic E-state index is -0.209. The van der Waals surface area contributed by atoms with E-state index in [1.165, 1.54) is 25.0 Å². The number of fused-ring (bicyclic) bond motifs is 2. The van der Waals surface area contributed by atoms with Crippen molar-refractivity contribution in [1.82, 2.24) is 0 Å². The van der Waals surface area contributed by atoms with Crippen molar-refractivity contribution < 1.29 is 30.2 Å². The Labute approximate surface area is 183 Å². The van der Waals surface area contributed by atoms with E-state index in [0.717, 1.165) is 34.0 Å². The average Bonchev–Trinajstić information content (AvgIpc) is 2.83. The van der Waals surface area contributed by atoms with Gasteiger partial charge < -0.3 is 21.5 Å². The van der Waals surface area contributed by atoms with E-state index in [1.54, 1.807) is 12.1 Å². The molecular weight excluding hydrogens is 432 g/mol. The number of benzene rings is 2. The molecule has 2 heterocycles. The fourth-order valence-electron chi connectivity index (χ4n) is 5.42. The van der Waals surface area contributed by atoms with Crippen LogP contribution in [-0.4, -0.2) is 30.7 Å². The molecule has 156 valence electrons. The Balaban J connectivity index is 0.00000240. The van der Waals surface area contributed by atoms with Crippen LogP contribution in [-0.2, 0) is 0 Å². The molecule has 2 aromatic carbocycles. The van der Waals surface area contributed by atoms with E-state index in [4.69, 9.17) is 0 Å². The number of quaternary nitrogens is 1. The lowest BCUT2D eigenvalue weighted by Gasteiger charge is -2.44. The standard InChI is InChI=1S/C25H30F2N.BrH/c1-16-21(7-5-9-24(16)26)23(22-8-6-10-25(27)17(22)2)15-18-13-19-11-12-20(14-18)28(19,3)4;/h5-10,15,18-20H,11-14H2,1-4H3;1H/q+1;/p-1/t18?,19-,20+;. The highest BCUT2D eigenvalue weighted by molar-refractivity contribution is 5.83. The van der Waals surface area contributed by atoms with Crippen molar-refractivity contribution in [3.05, 3.63) is 76.4 Å². The Hall–Kier alpha value is -1.52. The zero-order valence-corrected chi connectivity index (χ0v) is 19.3. The van der Waals surface area contributed by atoms with E-state index in [2.05, 4.69) is 20.2 Å². The first-order chi connectivity index (χ1) is 13.3. The maximum atomic E-state index is 14.3. The summed E-state index contributed by atoms with van der Waals surface area (Å²) in [5.74, 6) is 0.0296. The topological polar surface area (TPSA) is 0 Å². The van der Waals surface area contributed by atoms with Gasteiger partial charge in [0.1, 0.15) is 11.6 Å². The van der Waals surface area contributed by atoms with Gasteiger partial charge in [-0.15, -0.1) is 0 Å². The molecule has 3 atom stereocenters. The van der Waals surface area contributed by atoms with Gasteiger partial charge >= 0.3 is 0 Å². The molecule has 2 aliphatic rings. The molecule has 4 heteroatoms. The van der Waals surface area contributed by atoms with Gasteiger partial charge in [-0.05, 0) is 59.7 Å². The number of halogens is 3. The van der Waals surface area contributed by atoms with Crippen molar-refractivity contribution in [2.75, 3.05) is 14.1 Å². The summed E-state index contributed by atoms with van der Waals surface area (Å²) in [7, 11) is 4.72. The molecule has 0 amide bonds. The molecule has 0 N–H and O–H groups in total. The van der Waals surface area contributed by atoms with Crippen LogP contribution in [0.5, 0.6) is 0 Å². The van der Waals surface area contributed by atoms with Gasteiger partial charge in [0, 0.05) is 25.7 Å². The zero-order valence-electron chi connectivity index (χ0n) is 17.7. The summed E-state index contributed by atoms with van der Waals surface area (Å²) < 4.78 is 29.8. The number of hydrogen-bond donors (Lipinski definition) is 0. The molecule has 2 aliphatic heterocycles. The highest BCUT2D eigenvalue weighted by Gasteiger charge is 2.48. The first-order valence-corrected chi connectivity index (χ1v) is 10.3. The predicted molar refractivity (Wildman–Crippen MR) is 111 cm³/mol. The van der Waals surface area contributed by atoms with E-state index >= 15 is 0 Å². The van der Waals surface area contributed by atoms with Crippen molar-refractivity contribution in [2.45, 2.75) is 51.6 Å². The number of allylic oxidation sites excluding steroid dienone is 1. The third-order valence-electron chi connectivity index (χ3n) is 7.38. The fourth-order valence-corrected chi connectivity index (χ4v) is 5.42. The van der Waals surface area contributed by atoms with Gasteiger partial charge in [0.2, 0.25) is 0 Å². The van der Waals surface area contributed by atoms with Gasteiger partial charge in [-0.3, -0.25) is 0 Å². The van der Waals surface area contributed by atoms with Gasteiger partial charge in [0.15, 0.2) is 0 Å². The zero-order chi connectivity index (χ0) is 20.1. The monoisotopic (exact) mass is 461 g/mol. The van der Waals surface area contributed by atoms with E-state index in [-0.39, 0.29) is 28.6 Å². The number of nitrogens with zero attached hydrogens (tertiary/aromatic N) is 1. The maximum Gasteiger partial charge on any atom is 0.126 e. The highest BCUT2D eigenvalue weighted by Crippen LogP contribution is 2.44. The summed E-state index contributed by atoms with van der Waals surface area (Å²) in [5.41, 5.74) is 3.99. The molecule has 0 aromatic heterocycles. The molecule has 29 heavy (non-hydrogen) atoms. The first kappa shape index (κ1) is 22.2. The molecule has 0 radical (unpaired) electrons. The van der Waals surface area contributed by atoms with E-state index in [0.29, 0.717) is 29.1 Å². The number of hydrogen-bond acceptors (Lipinski definition) is 0. The van der Waals surface area contributed by atoms with Gasteiger partial charge in [-0.25, -0.2) is 8.78 Å². The van der Waals surface area contributed by atoms with Crippen LogP contribution in [0.25, 0.3) is 5.57 Å². The van der Waals surface area contributed by atoms with Crippen LogP contribution in [0.3, 0.4) is 0 Å². The fraction of sp³-hybridized carbons (Fsp3) is 0.440. The summed E-state index contributed by atoms with van der Waals surface area (Å²) in [4.78, 5) is 0. The van der Waals surface area contributed by atoms with E-state index in [1.807, 2.05) is 26.0 Å². The van der Waals surface area contributed by atoms with Crippen LogP contribution in [0, 0.1) is 31.4 Å². The van der Waals surface area contributed by atoms with E-state index in [9.17, 15) is 8.78 Å². The van der Waals surface area contributed by atoms with Crippen LogP contribution in [0.4, 0.5) is 8.78 Å². The Morgan fingerprint density at radius 1 is 0.862 bits per heavy atom.